The second-order valence-electron chi connectivity index (χ2n) is 6.60. The van der Waals surface area contributed by atoms with E-state index in [1.165, 1.54) is 5.56 Å². The number of nitrogens with zero attached hydrogens (tertiary/aromatic N) is 3. The Hall–Kier alpha value is -1.66. The molecule has 0 spiro atoms. The largest absolute Gasteiger partial charge is 0.383 e. The van der Waals surface area contributed by atoms with Crippen LogP contribution in [0.3, 0.4) is 0 Å². The summed E-state index contributed by atoms with van der Waals surface area (Å²) >= 11 is 0. The Balaban J connectivity index is 2.02. The van der Waals surface area contributed by atoms with Gasteiger partial charge in [0.15, 0.2) is 5.65 Å². The quantitative estimate of drug-likeness (QED) is 0.881. The van der Waals surface area contributed by atoms with Crippen molar-refractivity contribution in [3.63, 3.8) is 0 Å². The minimum absolute atomic E-state index is 0.209. The third-order valence-electron chi connectivity index (χ3n) is 4.72. The minimum atomic E-state index is 0.209. The van der Waals surface area contributed by atoms with Crippen molar-refractivity contribution in [3.05, 3.63) is 23.0 Å². The van der Waals surface area contributed by atoms with Gasteiger partial charge in [-0.05, 0) is 33.1 Å². The first kappa shape index (κ1) is 17.2. The lowest BCUT2D eigenvalue weighted by Crippen LogP contribution is -2.24. The van der Waals surface area contributed by atoms with Crippen LogP contribution in [0.15, 0.2) is 6.07 Å². The van der Waals surface area contributed by atoms with Gasteiger partial charge < -0.3 is 14.8 Å². The summed E-state index contributed by atoms with van der Waals surface area (Å²) in [4.78, 5) is 4.77. The molecule has 2 aromatic rings. The van der Waals surface area contributed by atoms with E-state index in [4.69, 9.17) is 19.6 Å². The Morgan fingerprint density at radius 3 is 2.83 bits per heavy atom. The number of hydrogen-bond acceptors (Lipinski definition) is 5. The summed E-state index contributed by atoms with van der Waals surface area (Å²) in [6.45, 7) is 8.65. The number of hydrogen-bond donors (Lipinski definition) is 1. The van der Waals surface area contributed by atoms with Crippen molar-refractivity contribution in [2.45, 2.75) is 52.0 Å². The molecule has 1 fully saturated rings. The van der Waals surface area contributed by atoms with E-state index in [0.29, 0.717) is 12.5 Å². The molecule has 1 N–H and O–H groups in total. The fourth-order valence-electron chi connectivity index (χ4n) is 3.46. The maximum absolute atomic E-state index is 5.48. The number of fused-ring (bicyclic) bond motifs is 1. The van der Waals surface area contributed by atoms with Crippen molar-refractivity contribution < 1.29 is 9.47 Å². The molecular formula is C18H28N4O2. The van der Waals surface area contributed by atoms with Crippen molar-refractivity contribution >= 4 is 11.5 Å². The standard InChI is InChI=1S/C18H28N4O2/c1-5-15-13(3)20-17-10-16(14-6-8-24-9-7-14)21-22(17)18(15)19-12(2)11-23-4/h10,12,14,19H,5-9,11H2,1-4H3. The van der Waals surface area contributed by atoms with E-state index < -0.39 is 0 Å². The Morgan fingerprint density at radius 1 is 1.42 bits per heavy atom. The maximum atomic E-state index is 5.48. The molecule has 2 aromatic heterocycles. The van der Waals surface area contributed by atoms with Crippen LogP contribution in [0, 0.1) is 6.92 Å². The molecule has 0 bridgehead atoms. The van der Waals surface area contributed by atoms with Gasteiger partial charge in [-0.25, -0.2) is 4.98 Å². The molecule has 0 saturated carbocycles. The van der Waals surface area contributed by atoms with Crippen LogP contribution in [0.1, 0.15) is 49.6 Å². The Kier molecular flexibility index (Phi) is 5.36. The van der Waals surface area contributed by atoms with Gasteiger partial charge in [-0.1, -0.05) is 6.92 Å². The van der Waals surface area contributed by atoms with E-state index in [2.05, 4.69) is 32.2 Å². The number of nitrogens with one attached hydrogen (secondary N) is 1. The molecule has 1 saturated heterocycles. The highest BCUT2D eigenvalue weighted by Crippen LogP contribution is 2.29. The molecule has 1 aliphatic rings. The maximum Gasteiger partial charge on any atom is 0.157 e. The summed E-state index contributed by atoms with van der Waals surface area (Å²) in [6, 6.07) is 2.34. The third-order valence-corrected chi connectivity index (χ3v) is 4.72. The summed E-state index contributed by atoms with van der Waals surface area (Å²) in [6.07, 6.45) is 2.99. The van der Waals surface area contributed by atoms with E-state index in [0.717, 1.165) is 55.3 Å². The van der Waals surface area contributed by atoms with Crippen LogP contribution in [0.4, 0.5) is 5.82 Å². The van der Waals surface area contributed by atoms with Crippen molar-refractivity contribution in [2.24, 2.45) is 0 Å². The lowest BCUT2D eigenvalue weighted by molar-refractivity contribution is 0.0844. The van der Waals surface area contributed by atoms with E-state index in [1.54, 1.807) is 7.11 Å². The fourth-order valence-corrected chi connectivity index (χ4v) is 3.46. The molecule has 24 heavy (non-hydrogen) atoms. The predicted octanol–water partition coefficient (Wildman–Crippen LogP) is 2.94. The lowest BCUT2D eigenvalue weighted by atomic mass is 9.97. The van der Waals surface area contributed by atoms with Crippen LogP contribution in [0.5, 0.6) is 0 Å². The number of ether oxygens (including phenoxy) is 2. The number of methoxy groups -OCH3 is 1. The molecule has 1 atom stereocenters. The van der Waals surface area contributed by atoms with Gasteiger partial charge in [0.1, 0.15) is 5.82 Å². The number of aryl methyl sites for hydroxylation is 1. The SMILES string of the molecule is CCc1c(C)nc2cc(C3CCOCC3)nn2c1NC(C)COC. The smallest absolute Gasteiger partial charge is 0.157 e. The highest BCUT2D eigenvalue weighted by molar-refractivity contribution is 5.56. The summed E-state index contributed by atoms with van der Waals surface area (Å²) < 4.78 is 12.7. The average molecular weight is 332 g/mol. The molecule has 1 aliphatic heterocycles. The van der Waals surface area contributed by atoms with Gasteiger partial charge in [0.05, 0.1) is 12.3 Å². The third kappa shape index (κ3) is 3.39. The molecule has 6 heteroatoms. The van der Waals surface area contributed by atoms with Crippen molar-refractivity contribution in [2.75, 3.05) is 32.2 Å². The Bertz CT molecular complexity index is 692. The molecule has 0 aliphatic carbocycles. The topological polar surface area (TPSA) is 60.7 Å². The lowest BCUT2D eigenvalue weighted by Gasteiger charge is -2.20. The first-order valence-corrected chi connectivity index (χ1v) is 8.86. The molecule has 0 radical (unpaired) electrons. The van der Waals surface area contributed by atoms with Crippen LogP contribution in [0.2, 0.25) is 0 Å². The van der Waals surface area contributed by atoms with Crippen LogP contribution in [-0.4, -0.2) is 47.6 Å². The minimum Gasteiger partial charge on any atom is -0.383 e. The van der Waals surface area contributed by atoms with Gasteiger partial charge >= 0.3 is 0 Å². The molecule has 0 aromatic carbocycles. The van der Waals surface area contributed by atoms with Gasteiger partial charge in [0.25, 0.3) is 0 Å². The summed E-state index contributed by atoms with van der Waals surface area (Å²) in [7, 11) is 1.73. The van der Waals surface area contributed by atoms with Crippen molar-refractivity contribution in [3.8, 4) is 0 Å². The van der Waals surface area contributed by atoms with E-state index >= 15 is 0 Å². The van der Waals surface area contributed by atoms with Crippen LogP contribution < -0.4 is 5.32 Å². The molecule has 132 valence electrons. The predicted molar refractivity (Wildman–Crippen MR) is 94.9 cm³/mol. The summed E-state index contributed by atoms with van der Waals surface area (Å²) in [5, 5.41) is 8.47. The first-order chi connectivity index (χ1) is 11.6. The van der Waals surface area contributed by atoms with Crippen LogP contribution in [0.25, 0.3) is 5.65 Å². The molecule has 3 rings (SSSR count). The molecule has 1 unspecified atom stereocenters. The van der Waals surface area contributed by atoms with Gasteiger partial charge in [-0.15, -0.1) is 0 Å². The van der Waals surface area contributed by atoms with Crippen LogP contribution >= 0.6 is 0 Å². The van der Waals surface area contributed by atoms with E-state index in [1.807, 2.05) is 4.52 Å². The normalized spacial score (nSPS) is 17.3. The second-order valence-corrected chi connectivity index (χ2v) is 6.60. The Labute approximate surface area is 143 Å². The average Bonchev–Trinajstić information content (AvgIpc) is 3.00. The van der Waals surface area contributed by atoms with E-state index in [9.17, 15) is 0 Å². The Morgan fingerprint density at radius 2 is 2.17 bits per heavy atom. The highest BCUT2D eigenvalue weighted by Gasteiger charge is 2.22. The fraction of sp³-hybridized carbons (Fsp3) is 0.667. The summed E-state index contributed by atoms with van der Waals surface area (Å²) in [5.41, 5.74) is 4.32. The van der Waals surface area contributed by atoms with Crippen molar-refractivity contribution in [1.82, 2.24) is 14.6 Å². The molecular weight excluding hydrogens is 304 g/mol. The second kappa shape index (κ2) is 7.49. The van der Waals surface area contributed by atoms with Crippen molar-refractivity contribution in [1.29, 1.82) is 0 Å². The van der Waals surface area contributed by atoms with Gasteiger partial charge in [0.2, 0.25) is 0 Å². The highest BCUT2D eigenvalue weighted by atomic mass is 16.5. The zero-order valence-corrected chi connectivity index (χ0v) is 15.1. The summed E-state index contributed by atoms with van der Waals surface area (Å²) in [5.74, 6) is 1.51. The van der Waals surface area contributed by atoms with Crippen LogP contribution in [-0.2, 0) is 15.9 Å². The number of anilines is 1. The molecule has 0 amide bonds. The van der Waals surface area contributed by atoms with E-state index in [-0.39, 0.29) is 6.04 Å². The van der Waals surface area contributed by atoms with Gasteiger partial charge in [-0.3, -0.25) is 0 Å². The number of rotatable bonds is 6. The van der Waals surface area contributed by atoms with Gasteiger partial charge in [0, 0.05) is 49.6 Å². The van der Waals surface area contributed by atoms with Gasteiger partial charge in [-0.2, -0.15) is 9.61 Å². The first-order valence-electron chi connectivity index (χ1n) is 8.86. The number of aromatic nitrogens is 3. The molecule has 6 nitrogen and oxygen atoms in total. The monoisotopic (exact) mass is 332 g/mol. The zero-order chi connectivity index (χ0) is 17.1. The zero-order valence-electron chi connectivity index (χ0n) is 15.1. The molecule has 3 heterocycles.